The molecular weight excluding hydrogens is 649 g/mol. The number of alkyl halides is 9. The molecule has 2 atom stereocenters. The molecule has 0 radical (unpaired) electrons. The van der Waals surface area contributed by atoms with Crippen LogP contribution in [-0.2, 0) is 24.9 Å². The van der Waals surface area contributed by atoms with Gasteiger partial charge in [0.15, 0.2) is 5.75 Å². The molecule has 0 saturated carbocycles. The van der Waals surface area contributed by atoms with Crippen LogP contribution in [0.15, 0.2) is 42.6 Å². The van der Waals surface area contributed by atoms with E-state index in [2.05, 4.69) is 9.97 Å². The van der Waals surface area contributed by atoms with Gasteiger partial charge in [0.25, 0.3) is 0 Å². The van der Waals surface area contributed by atoms with E-state index >= 15 is 0 Å². The molecule has 0 saturated heterocycles. The Morgan fingerprint density at radius 3 is 2.19 bits per heavy atom. The number of amides is 1. The number of nitriles is 1. The largest absolute Gasteiger partial charge is 0.490 e. The van der Waals surface area contributed by atoms with Gasteiger partial charge in [0, 0.05) is 18.8 Å². The van der Waals surface area contributed by atoms with E-state index in [-0.39, 0.29) is 66.9 Å². The number of carboxylic acid groups (broad SMARTS) is 1. The van der Waals surface area contributed by atoms with Crippen molar-refractivity contribution >= 4 is 11.8 Å². The molecule has 2 aromatic carbocycles. The number of rotatable bonds is 8. The lowest BCUT2D eigenvalue weighted by atomic mass is 9.80. The molecule has 0 spiro atoms. The van der Waals surface area contributed by atoms with Crippen LogP contribution in [0.2, 0.25) is 0 Å². The van der Waals surface area contributed by atoms with Crippen molar-refractivity contribution in [3.63, 3.8) is 0 Å². The van der Waals surface area contributed by atoms with Gasteiger partial charge in [-0.25, -0.2) is 14.8 Å². The van der Waals surface area contributed by atoms with Gasteiger partial charge < -0.3 is 15.6 Å². The van der Waals surface area contributed by atoms with Crippen LogP contribution in [0.3, 0.4) is 0 Å². The average Bonchev–Trinajstić information content (AvgIpc) is 2.97. The minimum Gasteiger partial charge on any atom is -0.490 e. The third-order valence-electron chi connectivity index (χ3n) is 7.65. The molecule has 17 heteroatoms. The monoisotopic (exact) mass is 675 g/mol. The number of aromatic nitrogens is 2. The van der Waals surface area contributed by atoms with Crippen molar-refractivity contribution in [3.8, 4) is 11.8 Å². The first-order valence-electron chi connectivity index (χ1n) is 14.0. The molecule has 1 aromatic heterocycles. The lowest BCUT2D eigenvalue weighted by Crippen LogP contribution is -2.61. The first-order valence-corrected chi connectivity index (χ1v) is 14.0. The maximum Gasteiger partial charge on any atom is 0.416 e. The third kappa shape index (κ3) is 7.70. The summed E-state index contributed by atoms with van der Waals surface area (Å²) in [4.78, 5) is 21.6. The number of halogens is 9. The number of nitrogens with zero attached hydrogens (tertiary/aromatic N) is 4. The molecular formula is C30H26F9N5O3. The van der Waals surface area contributed by atoms with Crippen molar-refractivity contribution in [2.24, 2.45) is 5.73 Å². The van der Waals surface area contributed by atoms with Gasteiger partial charge in [0.05, 0.1) is 46.9 Å². The van der Waals surface area contributed by atoms with Crippen LogP contribution in [0.1, 0.15) is 77.9 Å². The number of fused-ring (bicyclic) bond motifs is 1. The van der Waals surface area contributed by atoms with Crippen LogP contribution in [0.4, 0.5) is 50.0 Å². The van der Waals surface area contributed by atoms with Crippen LogP contribution < -0.4 is 15.4 Å². The van der Waals surface area contributed by atoms with E-state index < -0.39 is 64.9 Å². The van der Waals surface area contributed by atoms with Gasteiger partial charge in [-0.05, 0) is 66.8 Å². The number of hydrogen-bond donors (Lipinski definition) is 2. The molecule has 1 aliphatic rings. The molecule has 47 heavy (non-hydrogen) atoms. The smallest absolute Gasteiger partial charge is 0.416 e. The average molecular weight is 676 g/mol. The molecule has 1 aliphatic heterocycles. The summed E-state index contributed by atoms with van der Waals surface area (Å²) in [6, 6.07) is 5.23. The second-order valence-electron chi connectivity index (χ2n) is 10.8. The summed E-state index contributed by atoms with van der Waals surface area (Å²) in [5, 5.41) is 18.8. The molecule has 8 nitrogen and oxygen atoms in total. The Kier molecular flexibility index (Phi) is 9.68. The van der Waals surface area contributed by atoms with Gasteiger partial charge in [0.1, 0.15) is 11.5 Å². The number of benzene rings is 2. The second kappa shape index (κ2) is 12.9. The minimum absolute atomic E-state index is 0.00629. The van der Waals surface area contributed by atoms with Crippen LogP contribution in [0.5, 0.6) is 5.75 Å². The number of anilines is 1. The minimum atomic E-state index is -5.13. The highest BCUT2D eigenvalue weighted by molar-refractivity contribution is 5.90. The van der Waals surface area contributed by atoms with Crippen molar-refractivity contribution in [2.75, 3.05) is 11.5 Å². The van der Waals surface area contributed by atoms with Gasteiger partial charge in [-0.1, -0.05) is 6.92 Å². The van der Waals surface area contributed by atoms with E-state index in [1.165, 1.54) is 0 Å². The van der Waals surface area contributed by atoms with Gasteiger partial charge in [-0.15, -0.1) is 0 Å². The van der Waals surface area contributed by atoms with Gasteiger partial charge in [0.2, 0.25) is 0 Å². The van der Waals surface area contributed by atoms with Crippen LogP contribution in [0, 0.1) is 11.3 Å². The van der Waals surface area contributed by atoms with Gasteiger partial charge in [-0.2, -0.15) is 44.8 Å². The summed E-state index contributed by atoms with van der Waals surface area (Å²) in [6.45, 7) is 1.45. The van der Waals surface area contributed by atoms with E-state index in [1.807, 2.05) is 6.07 Å². The Morgan fingerprint density at radius 1 is 1.04 bits per heavy atom. The topological polar surface area (TPSA) is 125 Å². The van der Waals surface area contributed by atoms with E-state index in [1.54, 1.807) is 6.92 Å². The van der Waals surface area contributed by atoms with Crippen molar-refractivity contribution < 1.29 is 54.2 Å². The summed E-state index contributed by atoms with van der Waals surface area (Å²) in [6.07, 6.45) is -16.3. The van der Waals surface area contributed by atoms with Crippen molar-refractivity contribution in [3.05, 3.63) is 81.9 Å². The zero-order chi connectivity index (χ0) is 34.9. The molecule has 3 N–H and O–H groups in total. The zero-order valence-corrected chi connectivity index (χ0v) is 24.4. The molecule has 0 bridgehead atoms. The quantitative estimate of drug-likeness (QED) is 0.184. The van der Waals surface area contributed by atoms with Crippen LogP contribution >= 0.6 is 0 Å². The molecule has 1 amide bonds. The molecule has 4 rings (SSSR count). The van der Waals surface area contributed by atoms with Crippen molar-refractivity contribution in [1.29, 1.82) is 5.26 Å². The first kappa shape index (κ1) is 35.3. The van der Waals surface area contributed by atoms with E-state index in [0.29, 0.717) is 18.2 Å². The second-order valence-corrected chi connectivity index (χ2v) is 10.8. The van der Waals surface area contributed by atoms with Crippen molar-refractivity contribution in [2.45, 2.75) is 69.1 Å². The number of hydrogen-bond acceptors (Lipinski definition) is 6. The fourth-order valence-corrected chi connectivity index (χ4v) is 5.32. The summed E-state index contributed by atoms with van der Waals surface area (Å²) >= 11 is 0. The third-order valence-corrected chi connectivity index (χ3v) is 7.65. The van der Waals surface area contributed by atoms with E-state index in [0.717, 1.165) is 23.2 Å². The maximum atomic E-state index is 13.7. The molecule has 252 valence electrons. The predicted octanol–water partition coefficient (Wildman–Crippen LogP) is 7.89. The van der Waals surface area contributed by atoms with Gasteiger partial charge in [-0.3, -0.25) is 4.90 Å². The number of unbranched alkanes of at least 4 members (excludes halogenated alkanes) is 1. The van der Waals surface area contributed by atoms with Crippen LogP contribution in [0.25, 0.3) is 0 Å². The SMILES string of the molecule is CC[C@]1(N)C[C@H](c2ncc(OCCCC#N)c(Cc3cc(C(F)(F)F)cc(C(F)(F)F)c3)n2)c2cc(C(F)(F)F)ccc2N1C(=O)O. The lowest BCUT2D eigenvalue weighted by molar-refractivity contribution is -0.143. The first-order chi connectivity index (χ1) is 21.8. The Morgan fingerprint density at radius 2 is 1.66 bits per heavy atom. The molecule has 0 fully saturated rings. The predicted molar refractivity (Wildman–Crippen MR) is 147 cm³/mol. The Balaban J connectivity index is 1.90. The highest BCUT2D eigenvalue weighted by atomic mass is 19.4. The summed E-state index contributed by atoms with van der Waals surface area (Å²) < 4.78 is 128. The Labute approximate surface area is 261 Å². The normalized spacial score (nSPS) is 18.4. The fraction of sp³-hybridized carbons (Fsp3) is 0.400. The molecule has 0 unspecified atom stereocenters. The van der Waals surface area contributed by atoms with E-state index in [4.69, 9.17) is 15.7 Å². The lowest BCUT2D eigenvalue weighted by Gasteiger charge is -2.46. The highest BCUT2D eigenvalue weighted by Crippen LogP contribution is 2.47. The number of nitrogens with two attached hydrogens (primary N) is 1. The maximum absolute atomic E-state index is 13.7. The Bertz CT molecular complexity index is 1650. The Hall–Kier alpha value is -4.59. The number of carbonyl (C=O) groups is 1. The highest BCUT2D eigenvalue weighted by Gasteiger charge is 2.47. The molecule has 3 aromatic rings. The fourth-order valence-electron chi connectivity index (χ4n) is 5.32. The standard InChI is InChI=1S/C30H26F9N5O3/c1-2-27(41)14-21(20-13-17(28(31,32)33)5-6-23(20)44(27)26(45)46)25-42-15-24(47-8-4-3-7-40)22(43-25)11-16-9-18(29(34,35)36)12-19(10-16)30(37,38)39/h5-6,9-10,12-13,15,21H,2-4,8,11,14,41H2,1H3,(H,45,46)/t21-,27+/m0/s1. The summed E-state index contributed by atoms with van der Waals surface area (Å²) in [5.74, 6) is -1.56. The molecule has 2 heterocycles. The van der Waals surface area contributed by atoms with Gasteiger partial charge >= 0.3 is 24.6 Å². The van der Waals surface area contributed by atoms with E-state index in [9.17, 15) is 49.4 Å². The number of ether oxygens (including phenoxy) is 1. The summed E-state index contributed by atoms with van der Waals surface area (Å²) in [7, 11) is 0. The van der Waals surface area contributed by atoms with Crippen molar-refractivity contribution in [1.82, 2.24) is 9.97 Å². The summed E-state index contributed by atoms with van der Waals surface area (Å²) in [5.41, 5.74) is -0.451. The zero-order valence-electron chi connectivity index (χ0n) is 24.4. The van der Waals surface area contributed by atoms with Crippen LogP contribution in [-0.4, -0.2) is 33.4 Å². The molecule has 0 aliphatic carbocycles.